The summed E-state index contributed by atoms with van der Waals surface area (Å²) in [6.45, 7) is 2.53. The fraction of sp³-hybridized carbons (Fsp3) is 0.190. The molecule has 0 radical (unpaired) electrons. The average Bonchev–Trinajstić information content (AvgIpc) is 2.62. The van der Waals surface area contributed by atoms with Gasteiger partial charge in [-0.25, -0.2) is 4.39 Å². The summed E-state index contributed by atoms with van der Waals surface area (Å²) in [4.78, 5) is 14.4. The Hall–Kier alpha value is -2.72. The lowest BCUT2D eigenvalue weighted by molar-refractivity contribution is -0.120. The number of likely N-dealkylation sites (N-methyl/N-ethyl adjacent to an activating group) is 1. The second kappa shape index (κ2) is 7.45. The molecule has 1 amide bonds. The Morgan fingerprint density at radius 3 is 2.44 bits per heavy atom. The van der Waals surface area contributed by atoms with Crippen LogP contribution in [0.15, 0.2) is 66.7 Å². The molecule has 0 spiro atoms. The smallest absolute Gasteiger partial charge is 0.241 e. The van der Waals surface area contributed by atoms with E-state index in [1.165, 1.54) is 22.9 Å². The minimum Gasteiger partial charge on any atom is -0.325 e. The molecule has 0 saturated heterocycles. The maximum atomic E-state index is 12.9. The molecule has 0 saturated carbocycles. The number of hydrogen-bond acceptors (Lipinski definition) is 2. The molecule has 128 valence electrons. The van der Waals surface area contributed by atoms with Crippen LogP contribution in [0.1, 0.15) is 12.5 Å². The SMILES string of the molecule is C[C@H](C(=O)Nc1ccc(F)cc1)N(C)Cc1ccc2ccccc2c1. The van der Waals surface area contributed by atoms with Crippen LogP contribution in [0.3, 0.4) is 0 Å². The molecule has 1 atom stereocenters. The van der Waals surface area contributed by atoms with Crippen LogP contribution in [0, 0.1) is 5.82 Å². The third-order valence-corrected chi connectivity index (χ3v) is 4.40. The Morgan fingerprint density at radius 2 is 1.72 bits per heavy atom. The lowest BCUT2D eigenvalue weighted by Gasteiger charge is -2.24. The van der Waals surface area contributed by atoms with Crippen molar-refractivity contribution in [3.63, 3.8) is 0 Å². The number of hydrogen-bond donors (Lipinski definition) is 1. The van der Waals surface area contributed by atoms with Crippen LogP contribution in [0.2, 0.25) is 0 Å². The minimum atomic E-state index is -0.320. The molecule has 3 aromatic carbocycles. The molecule has 3 rings (SSSR count). The zero-order valence-electron chi connectivity index (χ0n) is 14.4. The normalized spacial score (nSPS) is 12.3. The van der Waals surface area contributed by atoms with Crippen molar-refractivity contribution in [2.45, 2.75) is 19.5 Å². The monoisotopic (exact) mass is 336 g/mol. The highest BCUT2D eigenvalue weighted by atomic mass is 19.1. The molecule has 4 heteroatoms. The van der Waals surface area contributed by atoms with Gasteiger partial charge in [0.25, 0.3) is 0 Å². The van der Waals surface area contributed by atoms with E-state index < -0.39 is 0 Å². The lowest BCUT2D eigenvalue weighted by Crippen LogP contribution is -2.39. The fourth-order valence-corrected chi connectivity index (χ4v) is 2.74. The van der Waals surface area contributed by atoms with Crippen molar-refractivity contribution in [2.75, 3.05) is 12.4 Å². The quantitative estimate of drug-likeness (QED) is 0.747. The van der Waals surface area contributed by atoms with Crippen LogP contribution >= 0.6 is 0 Å². The predicted octanol–water partition coefficient (Wildman–Crippen LogP) is 4.44. The maximum Gasteiger partial charge on any atom is 0.241 e. The van der Waals surface area contributed by atoms with Gasteiger partial charge in [0.15, 0.2) is 0 Å². The summed E-state index contributed by atoms with van der Waals surface area (Å²) in [7, 11) is 1.92. The number of nitrogens with zero attached hydrogens (tertiary/aromatic N) is 1. The van der Waals surface area contributed by atoms with Gasteiger partial charge in [-0.15, -0.1) is 0 Å². The van der Waals surface area contributed by atoms with E-state index in [4.69, 9.17) is 0 Å². The van der Waals surface area contributed by atoms with E-state index in [0.717, 1.165) is 5.56 Å². The highest BCUT2D eigenvalue weighted by Gasteiger charge is 2.18. The zero-order chi connectivity index (χ0) is 17.8. The Labute approximate surface area is 147 Å². The first kappa shape index (κ1) is 17.1. The van der Waals surface area contributed by atoms with Crippen molar-refractivity contribution in [3.8, 4) is 0 Å². The molecule has 25 heavy (non-hydrogen) atoms. The third kappa shape index (κ3) is 4.22. The summed E-state index contributed by atoms with van der Waals surface area (Å²) in [5, 5.41) is 5.21. The van der Waals surface area contributed by atoms with E-state index in [0.29, 0.717) is 12.2 Å². The van der Waals surface area contributed by atoms with E-state index in [-0.39, 0.29) is 17.8 Å². The molecular formula is C21H21FN2O. The van der Waals surface area contributed by atoms with E-state index in [2.05, 4.69) is 35.6 Å². The van der Waals surface area contributed by atoms with Gasteiger partial charge in [-0.1, -0.05) is 36.4 Å². The standard InChI is InChI=1S/C21H21FN2O/c1-15(21(25)23-20-11-9-19(22)10-12-20)24(2)14-16-7-8-17-5-3-4-6-18(17)13-16/h3-13,15H,14H2,1-2H3,(H,23,25)/t15-/m1/s1. The number of rotatable bonds is 5. The van der Waals surface area contributed by atoms with Gasteiger partial charge in [0.2, 0.25) is 5.91 Å². The van der Waals surface area contributed by atoms with Gasteiger partial charge >= 0.3 is 0 Å². The summed E-state index contributed by atoms with van der Waals surface area (Å²) in [6.07, 6.45) is 0. The first-order valence-corrected chi connectivity index (χ1v) is 8.27. The molecule has 3 nitrogen and oxygen atoms in total. The van der Waals surface area contributed by atoms with Crippen LogP contribution in [0.5, 0.6) is 0 Å². The summed E-state index contributed by atoms with van der Waals surface area (Å²) < 4.78 is 12.9. The topological polar surface area (TPSA) is 32.3 Å². The summed E-state index contributed by atoms with van der Waals surface area (Å²) >= 11 is 0. The van der Waals surface area contributed by atoms with E-state index in [1.54, 1.807) is 12.1 Å². The molecule has 0 heterocycles. The van der Waals surface area contributed by atoms with Gasteiger partial charge in [-0.05, 0) is 60.6 Å². The Morgan fingerprint density at radius 1 is 1.04 bits per heavy atom. The zero-order valence-corrected chi connectivity index (χ0v) is 14.4. The van der Waals surface area contributed by atoms with Gasteiger partial charge < -0.3 is 5.32 Å². The molecule has 0 aliphatic rings. The van der Waals surface area contributed by atoms with Crippen molar-refractivity contribution in [1.29, 1.82) is 0 Å². The van der Waals surface area contributed by atoms with Crippen molar-refractivity contribution < 1.29 is 9.18 Å². The van der Waals surface area contributed by atoms with Crippen LogP contribution in [0.4, 0.5) is 10.1 Å². The van der Waals surface area contributed by atoms with Gasteiger partial charge in [0.1, 0.15) is 5.82 Å². The minimum absolute atomic E-state index is 0.116. The number of nitrogens with one attached hydrogen (secondary N) is 1. The molecule has 0 unspecified atom stereocenters. The summed E-state index contributed by atoms with van der Waals surface area (Å²) in [6, 6.07) is 20.0. The van der Waals surface area contributed by atoms with Crippen LogP contribution in [-0.4, -0.2) is 23.9 Å². The molecule has 0 bridgehead atoms. The van der Waals surface area contributed by atoms with E-state index in [1.807, 2.05) is 31.0 Å². The van der Waals surface area contributed by atoms with Crippen LogP contribution < -0.4 is 5.32 Å². The van der Waals surface area contributed by atoms with Crippen LogP contribution in [0.25, 0.3) is 10.8 Å². The summed E-state index contributed by atoms with van der Waals surface area (Å²) in [5.41, 5.74) is 1.75. The Bertz CT molecular complexity index is 876. The number of carbonyl (C=O) groups excluding carboxylic acids is 1. The van der Waals surface area contributed by atoms with Gasteiger partial charge in [-0.2, -0.15) is 0 Å². The van der Waals surface area contributed by atoms with Gasteiger partial charge in [-0.3, -0.25) is 9.69 Å². The number of amides is 1. The van der Waals surface area contributed by atoms with Crippen molar-refractivity contribution in [1.82, 2.24) is 4.90 Å². The highest BCUT2D eigenvalue weighted by molar-refractivity contribution is 5.94. The number of anilines is 1. The average molecular weight is 336 g/mol. The first-order chi connectivity index (χ1) is 12.0. The van der Waals surface area contributed by atoms with Gasteiger partial charge in [0, 0.05) is 12.2 Å². The second-order valence-electron chi connectivity index (χ2n) is 6.27. The molecule has 3 aromatic rings. The highest BCUT2D eigenvalue weighted by Crippen LogP contribution is 2.17. The van der Waals surface area contributed by atoms with E-state index >= 15 is 0 Å². The second-order valence-corrected chi connectivity index (χ2v) is 6.27. The Balaban J connectivity index is 1.65. The van der Waals surface area contributed by atoms with Crippen molar-refractivity contribution in [3.05, 3.63) is 78.1 Å². The molecular weight excluding hydrogens is 315 g/mol. The lowest BCUT2D eigenvalue weighted by atomic mass is 10.1. The number of benzene rings is 3. The number of fused-ring (bicyclic) bond motifs is 1. The fourth-order valence-electron chi connectivity index (χ4n) is 2.74. The molecule has 0 aliphatic heterocycles. The van der Waals surface area contributed by atoms with Crippen molar-refractivity contribution >= 4 is 22.4 Å². The van der Waals surface area contributed by atoms with Crippen LogP contribution in [-0.2, 0) is 11.3 Å². The molecule has 0 aliphatic carbocycles. The molecule has 0 fully saturated rings. The third-order valence-electron chi connectivity index (χ3n) is 4.40. The maximum absolute atomic E-state index is 12.9. The largest absolute Gasteiger partial charge is 0.325 e. The van der Waals surface area contributed by atoms with Crippen molar-refractivity contribution in [2.24, 2.45) is 0 Å². The number of halogens is 1. The first-order valence-electron chi connectivity index (χ1n) is 8.27. The van der Waals surface area contributed by atoms with Gasteiger partial charge in [0.05, 0.1) is 6.04 Å². The summed E-state index contributed by atoms with van der Waals surface area (Å²) in [5.74, 6) is -0.436. The predicted molar refractivity (Wildman–Crippen MR) is 99.9 cm³/mol. The Kier molecular flexibility index (Phi) is 5.10. The molecule has 1 N–H and O–H groups in total. The number of carbonyl (C=O) groups is 1. The van der Waals surface area contributed by atoms with E-state index in [9.17, 15) is 9.18 Å². The molecule has 0 aromatic heterocycles.